The van der Waals surface area contributed by atoms with Gasteiger partial charge in [0.2, 0.25) is 10.0 Å². The van der Waals surface area contributed by atoms with E-state index >= 15 is 0 Å². The fraction of sp³-hybridized carbons (Fsp3) is 0.409. The van der Waals surface area contributed by atoms with Crippen LogP contribution < -0.4 is 15.4 Å². The summed E-state index contributed by atoms with van der Waals surface area (Å²) >= 11 is 0. The van der Waals surface area contributed by atoms with E-state index in [1.54, 1.807) is 18.2 Å². The summed E-state index contributed by atoms with van der Waals surface area (Å²) in [5.41, 5.74) is 1.73. The van der Waals surface area contributed by atoms with Crippen LogP contribution in [0.4, 0.5) is 0 Å². The summed E-state index contributed by atoms with van der Waals surface area (Å²) in [6.45, 7) is 7.47. The quantitative estimate of drug-likeness (QED) is 0.279. The molecule has 0 saturated carbocycles. The number of halogens is 1. The van der Waals surface area contributed by atoms with Gasteiger partial charge in [-0.3, -0.25) is 0 Å². The molecule has 2 aromatic carbocycles. The summed E-state index contributed by atoms with van der Waals surface area (Å²) in [6, 6.07) is 14.8. The fourth-order valence-corrected chi connectivity index (χ4v) is 3.88. The van der Waals surface area contributed by atoms with Gasteiger partial charge in [-0.05, 0) is 44.0 Å². The van der Waals surface area contributed by atoms with Crippen molar-refractivity contribution in [3.05, 3.63) is 59.7 Å². The first kappa shape index (κ1) is 27.2. The number of benzene rings is 2. The van der Waals surface area contributed by atoms with Gasteiger partial charge in [0.25, 0.3) is 0 Å². The number of hydrogen-bond acceptors (Lipinski definition) is 4. The van der Waals surface area contributed by atoms with Crippen molar-refractivity contribution in [3.63, 3.8) is 0 Å². The minimum Gasteiger partial charge on any atom is -0.489 e. The van der Waals surface area contributed by atoms with Crippen molar-refractivity contribution >= 4 is 40.0 Å². The Hall–Kier alpha value is -1.85. The molecule has 0 aliphatic heterocycles. The second kappa shape index (κ2) is 12.9. The van der Waals surface area contributed by atoms with E-state index in [-0.39, 0.29) is 41.5 Å². The number of sulfonamides is 1. The van der Waals surface area contributed by atoms with Crippen LogP contribution in [0.2, 0.25) is 0 Å². The summed E-state index contributed by atoms with van der Waals surface area (Å²) in [7, 11) is -0.480. The van der Waals surface area contributed by atoms with Crippen molar-refractivity contribution in [1.82, 2.24) is 14.9 Å². The predicted molar refractivity (Wildman–Crippen MR) is 137 cm³/mol. The maximum Gasteiger partial charge on any atom is 0.242 e. The molecule has 0 aliphatic carbocycles. The molecule has 1 atom stereocenters. The van der Waals surface area contributed by atoms with E-state index in [0.717, 1.165) is 11.3 Å². The lowest BCUT2D eigenvalue weighted by Gasteiger charge is -2.19. The van der Waals surface area contributed by atoms with Crippen LogP contribution in [0.1, 0.15) is 25.0 Å². The maximum atomic E-state index is 12.6. The maximum absolute atomic E-state index is 12.6. The fourth-order valence-electron chi connectivity index (χ4n) is 2.78. The molecule has 1 unspecified atom stereocenters. The van der Waals surface area contributed by atoms with Crippen LogP contribution in [0.25, 0.3) is 0 Å². The van der Waals surface area contributed by atoms with Crippen LogP contribution in [0.5, 0.6) is 5.75 Å². The van der Waals surface area contributed by atoms with Crippen molar-refractivity contribution < 1.29 is 13.2 Å². The Kier molecular flexibility index (Phi) is 11.3. The van der Waals surface area contributed by atoms with Crippen LogP contribution in [-0.4, -0.2) is 52.0 Å². The molecule has 7 nitrogen and oxygen atoms in total. The van der Waals surface area contributed by atoms with Crippen LogP contribution in [0, 0.1) is 6.92 Å². The van der Waals surface area contributed by atoms with Crippen molar-refractivity contribution in [2.45, 2.75) is 38.3 Å². The molecule has 0 amide bonds. The second-order valence-electron chi connectivity index (χ2n) is 7.17. The molecule has 0 aliphatic rings. The standard InChI is InChI=1S/C22H32N4O3S.HI/c1-6-23-22(24-15-18(3)29-20-13-9-7-11-17(20)2)25-16-19-12-8-10-14-21(19)30(27,28)26(4)5;/h7-14,18H,6,15-16H2,1-5H3,(H2,23,24,25);1H. The monoisotopic (exact) mass is 560 g/mol. The van der Waals surface area contributed by atoms with Gasteiger partial charge in [0.15, 0.2) is 5.96 Å². The largest absolute Gasteiger partial charge is 0.489 e. The zero-order valence-corrected chi connectivity index (χ0v) is 21.9. The van der Waals surface area contributed by atoms with Gasteiger partial charge in [0, 0.05) is 20.6 Å². The molecule has 0 bridgehead atoms. The summed E-state index contributed by atoms with van der Waals surface area (Å²) in [5.74, 6) is 1.46. The number of guanidine groups is 1. The molecule has 0 saturated heterocycles. The highest BCUT2D eigenvalue weighted by atomic mass is 127. The molecular formula is C22H33IN4O3S. The first-order chi connectivity index (χ1) is 14.3. The van der Waals surface area contributed by atoms with E-state index in [2.05, 4.69) is 15.6 Å². The third kappa shape index (κ3) is 7.97. The van der Waals surface area contributed by atoms with Gasteiger partial charge in [-0.25, -0.2) is 17.7 Å². The number of hydrogen-bond donors (Lipinski definition) is 2. The van der Waals surface area contributed by atoms with Crippen LogP contribution in [0.3, 0.4) is 0 Å². The number of rotatable bonds is 9. The average Bonchev–Trinajstić information content (AvgIpc) is 2.72. The van der Waals surface area contributed by atoms with Gasteiger partial charge in [-0.2, -0.15) is 0 Å². The van der Waals surface area contributed by atoms with Crippen molar-refractivity contribution in [2.24, 2.45) is 4.99 Å². The number of aryl methyl sites for hydroxylation is 1. The number of ether oxygens (including phenoxy) is 1. The number of para-hydroxylation sites is 1. The van der Waals surface area contributed by atoms with Gasteiger partial charge in [0.1, 0.15) is 11.9 Å². The molecule has 172 valence electrons. The highest BCUT2D eigenvalue weighted by Crippen LogP contribution is 2.19. The third-order valence-corrected chi connectivity index (χ3v) is 6.38. The van der Waals surface area contributed by atoms with Gasteiger partial charge >= 0.3 is 0 Å². The van der Waals surface area contributed by atoms with Gasteiger partial charge in [0.05, 0.1) is 18.0 Å². The Morgan fingerprint density at radius 1 is 1.10 bits per heavy atom. The normalized spacial score (nSPS) is 12.8. The minimum atomic E-state index is -3.53. The SMILES string of the molecule is CCNC(=NCc1ccccc1S(=O)(=O)N(C)C)NCC(C)Oc1ccccc1C.I. The molecule has 0 radical (unpaired) electrons. The molecule has 0 fully saturated rings. The predicted octanol–water partition coefficient (Wildman–Crippen LogP) is 3.39. The van der Waals surface area contributed by atoms with E-state index in [1.165, 1.54) is 18.4 Å². The summed E-state index contributed by atoms with van der Waals surface area (Å²) < 4.78 is 32.3. The highest BCUT2D eigenvalue weighted by molar-refractivity contribution is 14.0. The Morgan fingerprint density at radius 3 is 2.39 bits per heavy atom. The number of nitrogens with zero attached hydrogens (tertiary/aromatic N) is 2. The smallest absolute Gasteiger partial charge is 0.242 e. The van der Waals surface area contributed by atoms with Crippen LogP contribution in [0.15, 0.2) is 58.4 Å². The molecule has 2 aromatic rings. The topological polar surface area (TPSA) is 83.0 Å². The Labute approximate surface area is 203 Å². The Bertz CT molecular complexity index is 965. The lowest BCUT2D eigenvalue weighted by atomic mass is 10.2. The zero-order chi connectivity index (χ0) is 22.1. The highest BCUT2D eigenvalue weighted by Gasteiger charge is 2.20. The van der Waals surface area contributed by atoms with Gasteiger partial charge in [-0.15, -0.1) is 24.0 Å². The molecule has 2 rings (SSSR count). The molecule has 0 spiro atoms. The molecule has 0 heterocycles. The summed E-state index contributed by atoms with van der Waals surface area (Å²) in [4.78, 5) is 4.84. The lowest BCUT2D eigenvalue weighted by Crippen LogP contribution is -2.41. The van der Waals surface area contributed by atoms with E-state index in [0.29, 0.717) is 24.6 Å². The first-order valence-corrected chi connectivity index (χ1v) is 11.4. The second-order valence-corrected chi connectivity index (χ2v) is 9.29. The first-order valence-electron chi connectivity index (χ1n) is 10.0. The summed E-state index contributed by atoms with van der Waals surface area (Å²) in [5, 5.41) is 6.45. The van der Waals surface area contributed by atoms with Crippen molar-refractivity contribution in [1.29, 1.82) is 0 Å². The van der Waals surface area contributed by atoms with Gasteiger partial charge in [-0.1, -0.05) is 36.4 Å². The van der Waals surface area contributed by atoms with Crippen LogP contribution in [-0.2, 0) is 16.6 Å². The van der Waals surface area contributed by atoms with E-state index in [9.17, 15) is 8.42 Å². The molecular weight excluding hydrogens is 527 g/mol. The number of aliphatic imine (C=N–C) groups is 1. The van der Waals surface area contributed by atoms with Crippen molar-refractivity contribution in [2.75, 3.05) is 27.2 Å². The van der Waals surface area contributed by atoms with E-state index in [4.69, 9.17) is 4.74 Å². The third-order valence-electron chi connectivity index (χ3n) is 4.46. The van der Waals surface area contributed by atoms with Gasteiger partial charge < -0.3 is 15.4 Å². The molecule has 31 heavy (non-hydrogen) atoms. The molecule has 0 aromatic heterocycles. The lowest BCUT2D eigenvalue weighted by molar-refractivity contribution is 0.222. The van der Waals surface area contributed by atoms with E-state index < -0.39 is 10.0 Å². The Balaban J connectivity index is 0.00000480. The molecule has 2 N–H and O–H groups in total. The average molecular weight is 561 g/mol. The zero-order valence-electron chi connectivity index (χ0n) is 18.8. The number of nitrogens with one attached hydrogen (secondary N) is 2. The minimum absolute atomic E-state index is 0. The van der Waals surface area contributed by atoms with Crippen LogP contribution >= 0.6 is 24.0 Å². The Morgan fingerprint density at radius 2 is 1.74 bits per heavy atom. The van der Waals surface area contributed by atoms with Crippen molar-refractivity contribution in [3.8, 4) is 5.75 Å². The summed E-state index contributed by atoms with van der Waals surface area (Å²) in [6.07, 6.45) is -0.0728. The van der Waals surface area contributed by atoms with E-state index in [1.807, 2.05) is 51.1 Å². The molecule has 9 heteroatoms.